The molecule has 0 spiro atoms. The summed E-state index contributed by atoms with van der Waals surface area (Å²) in [7, 11) is 2.27. The van der Waals surface area contributed by atoms with Crippen LogP contribution in [-0.4, -0.2) is 60.6 Å². The second-order valence-corrected chi connectivity index (χ2v) is 9.92. The fraction of sp³-hybridized carbons (Fsp3) is 0.520. The zero-order valence-corrected chi connectivity index (χ0v) is 19.5. The van der Waals surface area contributed by atoms with E-state index in [0.29, 0.717) is 12.0 Å². The highest BCUT2D eigenvalue weighted by Gasteiger charge is 2.28. The fourth-order valence-electron chi connectivity index (χ4n) is 4.94. The van der Waals surface area contributed by atoms with Crippen molar-refractivity contribution >= 4 is 15.9 Å². The van der Waals surface area contributed by atoms with E-state index in [2.05, 4.69) is 68.0 Å². The van der Waals surface area contributed by atoms with Crippen LogP contribution in [0.4, 0.5) is 4.39 Å². The highest BCUT2D eigenvalue weighted by Crippen LogP contribution is 2.27. The van der Waals surface area contributed by atoms with E-state index in [1.807, 2.05) is 6.07 Å². The highest BCUT2D eigenvalue weighted by molar-refractivity contribution is 9.10. The summed E-state index contributed by atoms with van der Waals surface area (Å²) < 4.78 is 14.6. The molecule has 4 rings (SSSR count). The fourth-order valence-corrected chi connectivity index (χ4v) is 5.35. The molecule has 1 atom stereocenters. The number of halogens is 2. The quantitative estimate of drug-likeness (QED) is 0.583. The number of nitrogens with zero attached hydrogens (tertiary/aromatic N) is 3. The number of likely N-dealkylation sites (N-methyl/N-ethyl adjacent to an activating group) is 1. The van der Waals surface area contributed by atoms with Crippen LogP contribution in [0.1, 0.15) is 30.4 Å². The monoisotopic (exact) mass is 473 g/mol. The molecule has 2 saturated heterocycles. The Kier molecular flexibility index (Phi) is 7.58. The Hall–Kier alpha value is -1.27. The molecule has 2 aliphatic rings. The molecule has 2 aromatic carbocycles. The van der Waals surface area contributed by atoms with Gasteiger partial charge in [-0.2, -0.15) is 0 Å². The smallest absolute Gasteiger partial charge is 0.123 e. The standard InChI is InChI=1S/C25H33BrFN3/c1-28-19-30(17-21-5-3-2-4-6-21)14-11-24(28)18-29-12-9-20(10-13-29)15-22-16-23(27)7-8-25(22)26/h2-8,16,20,24H,9-15,17-19H2,1H3. The Morgan fingerprint density at radius 1 is 0.967 bits per heavy atom. The Morgan fingerprint density at radius 3 is 2.43 bits per heavy atom. The van der Waals surface area contributed by atoms with E-state index < -0.39 is 0 Å². The van der Waals surface area contributed by atoms with E-state index in [4.69, 9.17) is 0 Å². The van der Waals surface area contributed by atoms with Crippen LogP contribution in [0.5, 0.6) is 0 Å². The molecule has 30 heavy (non-hydrogen) atoms. The molecular weight excluding hydrogens is 441 g/mol. The zero-order chi connectivity index (χ0) is 20.9. The van der Waals surface area contributed by atoms with E-state index in [-0.39, 0.29) is 5.82 Å². The first-order valence-electron chi connectivity index (χ1n) is 11.2. The van der Waals surface area contributed by atoms with E-state index in [0.717, 1.165) is 42.8 Å². The second-order valence-electron chi connectivity index (χ2n) is 9.06. The first kappa shape index (κ1) is 21.9. The van der Waals surface area contributed by atoms with Gasteiger partial charge in [-0.3, -0.25) is 9.80 Å². The first-order valence-corrected chi connectivity index (χ1v) is 12.0. The molecule has 0 N–H and O–H groups in total. The van der Waals surface area contributed by atoms with Gasteiger partial charge >= 0.3 is 0 Å². The van der Waals surface area contributed by atoms with E-state index in [1.54, 1.807) is 6.07 Å². The molecule has 2 heterocycles. The minimum Gasteiger partial charge on any atom is -0.302 e. The number of hydrogen-bond acceptors (Lipinski definition) is 3. The van der Waals surface area contributed by atoms with Crippen molar-refractivity contribution in [3.8, 4) is 0 Å². The maximum atomic E-state index is 13.6. The molecule has 5 heteroatoms. The van der Waals surface area contributed by atoms with Gasteiger partial charge in [-0.15, -0.1) is 0 Å². The van der Waals surface area contributed by atoms with Crippen LogP contribution in [0.2, 0.25) is 0 Å². The average Bonchev–Trinajstić information content (AvgIpc) is 2.75. The number of hydrogen-bond donors (Lipinski definition) is 0. The van der Waals surface area contributed by atoms with Gasteiger partial charge in [0, 0.05) is 30.1 Å². The van der Waals surface area contributed by atoms with Gasteiger partial charge in [0.1, 0.15) is 5.82 Å². The normalized spacial score (nSPS) is 22.4. The molecule has 0 aliphatic carbocycles. The molecule has 2 aromatic rings. The van der Waals surface area contributed by atoms with Crippen LogP contribution >= 0.6 is 15.9 Å². The third-order valence-corrected chi connectivity index (χ3v) is 7.54. The number of likely N-dealkylation sites (tertiary alicyclic amines) is 1. The number of rotatable bonds is 6. The zero-order valence-electron chi connectivity index (χ0n) is 17.9. The topological polar surface area (TPSA) is 9.72 Å². The summed E-state index contributed by atoms with van der Waals surface area (Å²) in [6.45, 7) is 6.76. The molecule has 0 radical (unpaired) electrons. The summed E-state index contributed by atoms with van der Waals surface area (Å²) >= 11 is 3.58. The Morgan fingerprint density at radius 2 is 1.70 bits per heavy atom. The highest BCUT2D eigenvalue weighted by atomic mass is 79.9. The third-order valence-electron chi connectivity index (χ3n) is 6.77. The predicted octanol–water partition coefficient (Wildman–Crippen LogP) is 5.01. The van der Waals surface area contributed by atoms with Gasteiger partial charge in [-0.1, -0.05) is 46.3 Å². The third kappa shape index (κ3) is 5.91. The lowest BCUT2D eigenvalue weighted by Crippen LogP contribution is -2.53. The maximum Gasteiger partial charge on any atom is 0.123 e. The van der Waals surface area contributed by atoms with Crippen LogP contribution in [-0.2, 0) is 13.0 Å². The van der Waals surface area contributed by atoms with Crippen molar-refractivity contribution in [2.45, 2.75) is 38.3 Å². The number of benzene rings is 2. The summed E-state index contributed by atoms with van der Waals surface area (Å²) in [5.41, 5.74) is 2.51. The van der Waals surface area contributed by atoms with Crippen molar-refractivity contribution in [3.63, 3.8) is 0 Å². The molecule has 0 saturated carbocycles. The van der Waals surface area contributed by atoms with Gasteiger partial charge in [0.25, 0.3) is 0 Å². The largest absolute Gasteiger partial charge is 0.302 e. The minimum absolute atomic E-state index is 0.132. The van der Waals surface area contributed by atoms with Crippen LogP contribution in [0.25, 0.3) is 0 Å². The molecule has 2 fully saturated rings. The van der Waals surface area contributed by atoms with Crippen LogP contribution in [0.3, 0.4) is 0 Å². The van der Waals surface area contributed by atoms with Crippen molar-refractivity contribution in [1.82, 2.24) is 14.7 Å². The lowest BCUT2D eigenvalue weighted by atomic mass is 9.90. The van der Waals surface area contributed by atoms with Crippen molar-refractivity contribution in [3.05, 3.63) is 69.9 Å². The maximum absolute atomic E-state index is 13.6. The van der Waals surface area contributed by atoms with Gasteiger partial charge in [0.05, 0.1) is 6.67 Å². The van der Waals surface area contributed by atoms with E-state index in [9.17, 15) is 4.39 Å². The summed E-state index contributed by atoms with van der Waals surface area (Å²) in [5, 5.41) is 0. The summed E-state index contributed by atoms with van der Waals surface area (Å²) in [6, 6.07) is 16.5. The molecule has 2 aliphatic heterocycles. The summed E-state index contributed by atoms with van der Waals surface area (Å²) in [5.74, 6) is 0.525. The van der Waals surface area contributed by atoms with Gasteiger partial charge in [0.15, 0.2) is 0 Å². The molecule has 0 amide bonds. The van der Waals surface area contributed by atoms with Crippen LogP contribution in [0.15, 0.2) is 53.0 Å². The SMILES string of the molecule is CN1CN(Cc2ccccc2)CCC1CN1CCC(Cc2cc(F)ccc2Br)CC1. The molecule has 0 bridgehead atoms. The van der Waals surface area contributed by atoms with E-state index in [1.165, 1.54) is 44.0 Å². The van der Waals surface area contributed by atoms with Crippen molar-refractivity contribution in [2.24, 2.45) is 5.92 Å². The summed E-state index contributed by atoms with van der Waals surface area (Å²) in [4.78, 5) is 7.72. The Bertz CT molecular complexity index is 807. The molecular formula is C25H33BrFN3. The average molecular weight is 474 g/mol. The van der Waals surface area contributed by atoms with Crippen LogP contribution in [0, 0.1) is 11.7 Å². The van der Waals surface area contributed by atoms with Crippen molar-refractivity contribution in [2.75, 3.05) is 39.9 Å². The minimum atomic E-state index is -0.132. The van der Waals surface area contributed by atoms with Crippen LogP contribution < -0.4 is 0 Å². The lowest BCUT2D eigenvalue weighted by Gasteiger charge is -2.43. The first-order chi connectivity index (χ1) is 14.6. The van der Waals surface area contributed by atoms with Gasteiger partial charge in [-0.25, -0.2) is 4.39 Å². The summed E-state index contributed by atoms with van der Waals surface area (Å²) in [6.07, 6.45) is 4.63. The van der Waals surface area contributed by atoms with Gasteiger partial charge < -0.3 is 4.90 Å². The van der Waals surface area contributed by atoms with Gasteiger partial charge in [0.2, 0.25) is 0 Å². The number of piperidine rings is 1. The van der Waals surface area contributed by atoms with E-state index >= 15 is 0 Å². The van der Waals surface area contributed by atoms with Crippen molar-refractivity contribution in [1.29, 1.82) is 0 Å². The molecule has 0 aromatic heterocycles. The van der Waals surface area contributed by atoms with Crippen molar-refractivity contribution < 1.29 is 4.39 Å². The Labute approximate surface area is 189 Å². The lowest BCUT2D eigenvalue weighted by molar-refractivity contribution is 0.0302. The molecule has 162 valence electrons. The predicted molar refractivity (Wildman–Crippen MR) is 125 cm³/mol. The molecule has 1 unspecified atom stereocenters. The molecule has 3 nitrogen and oxygen atoms in total. The van der Waals surface area contributed by atoms with Gasteiger partial charge in [-0.05, 0) is 81.1 Å². The Balaban J connectivity index is 1.21. The second kappa shape index (κ2) is 10.4.